The van der Waals surface area contributed by atoms with Gasteiger partial charge in [-0.2, -0.15) is 9.67 Å². The molecule has 2 amide bonds. The van der Waals surface area contributed by atoms with Crippen LogP contribution in [0.1, 0.15) is 32.6 Å². The molecule has 0 unspecified atom stereocenters. The zero-order chi connectivity index (χ0) is 24.0. The molecule has 3 rings (SSSR count). The number of aromatic nitrogens is 4. The Bertz CT molecular complexity index is 1170. The second-order valence-corrected chi connectivity index (χ2v) is 6.66. The van der Waals surface area contributed by atoms with Crippen molar-refractivity contribution in [2.24, 2.45) is 0 Å². The highest BCUT2D eigenvalue weighted by atomic mass is 16.6. The smallest absolute Gasteiger partial charge is 0.390 e. The first kappa shape index (κ1) is 23.2. The second kappa shape index (κ2) is 10.2. The van der Waals surface area contributed by atoms with Crippen molar-refractivity contribution in [3.8, 4) is 11.5 Å². The zero-order valence-corrected chi connectivity index (χ0v) is 18.0. The van der Waals surface area contributed by atoms with Crippen LogP contribution in [0.3, 0.4) is 0 Å². The van der Waals surface area contributed by atoms with Crippen molar-refractivity contribution in [1.29, 1.82) is 0 Å². The zero-order valence-electron chi connectivity index (χ0n) is 18.0. The van der Waals surface area contributed by atoms with Crippen molar-refractivity contribution in [3.05, 3.63) is 57.4 Å². The quantitative estimate of drug-likeness (QED) is 0.249. The van der Waals surface area contributed by atoms with Crippen LogP contribution in [0.4, 0.5) is 5.82 Å². The number of methoxy groups -OCH3 is 2. The minimum Gasteiger partial charge on any atom is -0.493 e. The van der Waals surface area contributed by atoms with Gasteiger partial charge in [0.15, 0.2) is 17.3 Å². The number of carbonyl (C=O) groups excluding carboxylic acids is 2. The number of hydrogen-bond acceptors (Lipinski definition) is 10. The molecule has 1 aromatic carbocycles. The minimum absolute atomic E-state index is 0.00215. The van der Waals surface area contributed by atoms with Gasteiger partial charge in [-0.15, -0.1) is 0 Å². The lowest BCUT2D eigenvalue weighted by Crippen LogP contribution is -2.34. The van der Waals surface area contributed by atoms with Gasteiger partial charge in [-0.05, 0) is 30.0 Å². The maximum absolute atomic E-state index is 12.3. The maximum atomic E-state index is 12.3. The lowest BCUT2D eigenvalue weighted by molar-refractivity contribution is -0.389. The lowest BCUT2D eigenvalue weighted by Gasteiger charge is -2.10. The van der Waals surface area contributed by atoms with E-state index in [0.29, 0.717) is 22.8 Å². The van der Waals surface area contributed by atoms with Crippen LogP contribution in [0.15, 0.2) is 28.8 Å². The third-order valence-electron chi connectivity index (χ3n) is 4.45. The number of nitro groups is 1. The van der Waals surface area contributed by atoms with Crippen LogP contribution in [0.25, 0.3) is 0 Å². The topological polar surface area (TPSA) is 177 Å². The molecule has 14 nitrogen and oxygen atoms in total. The average Bonchev–Trinajstić information content (AvgIpc) is 3.43. The molecule has 0 aliphatic carbocycles. The van der Waals surface area contributed by atoms with Crippen molar-refractivity contribution in [1.82, 2.24) is 30.6 Å². The molecule has 0 atom stereocenters. The Morgan fingerprint density at radius 1 is 1.12 bits per heavy atom. The highest BCUT2D eigenvalue weighted by molar-refractivity contribution is 5.95. The standard InChI is InChI=1S/C19H21N7O7/c1-11-8-16(26(29)30)23-25(11)10-15-22-19(33-24-15)18(28)21-7-6-20-17(27)12-4-5-13(31-2)14(9-12)32-3/h4-5,8-9H,6-7,10H2,1-3H3,(H,20,27)(H,21,28). The summed E-state index contributed by atoms with van der Waals surface area (Å²) in [4.78, 5) is 38.6. The van der Waals surface area contributed by atoms with Crippen LogP contribution in [-0.4, -0.2) is 64.0 Å². The molecular weight excluding hydrogens is 438 g/mol. The van der Waals surface area contributed by atoms with Gasteiger partial charge < -0.3 is 34.7 Å². The summed E-state index contributed by atoms with van der Waals surface area (Å²) in [5.74, 6) is -0.513. The molecule has 2 aromatic heterocycles. The highest BCUT2D eigenvalue weighted by Crippen LogP contribution is 2.27. The van der Waals surface area contributed by atoms with Crippen LogP contribution < -0.4 is 20.1 Å². The number of hydrogen-bond donors (Lipinski definition) is 2. The van der Waals surface area contributed by atoms with E-state index in [4.69, 9.17) is 14.0 Å². The van der Waals surface area contributed by atoms with Crippen molar-refractivity contribution in [2.45, 2.75) is 13.5 Å². The van der Waals surface area contributed by atoms with Gasteiger partial charge in [0.1, 0.15) is 6.54 Å². The van der Waals surface area contributed by atoms with Gasteiger partial charge in [0.25, 0.3) is 5.91 Å². The van der Waals surface area contributed by atoms with Crippen LogP contribution in [0.2, 0.25) is 0 Å². The number of carbonyl (C=O) groups is 2. The van der Waals surface area contributed by atoms with E-state index in [2.05, 4.69) is 25.9 Å². The van der Waals surface area contributed by atoms with Gasteiger partial charge in [-0.1, -0.05) is 5.16 Å². The summed E-state index contributed by atoms with van der Waals surface area (Å²) in [6.45, 7) is 1.90. The van der Waals surface area contributed by atoms with E-state index in [1.54, 1.807) is 25.1 Å². The number of amides is 2. The van der Waals surface area contributed by atoms with E-state index in [1.165, 1.54) is 25.0 Å². The van der Waals surface area contributed by atoms with Crippen molar-refractivity contribution in [3.63, 3.8) is 0 Å². The summed E-state index contributed by atoms with van der Waals surface area (Å²) in [5, 5.41) is 23.5. The second-order valence-electron chi connectivity index (χ2n) is 6.66. The first-order valence-electron chi connectivity index (χ1n) is 9.62. The summed E-state index contributed by atoms with van der Waals surface area (Å²) in [7, 11) is 2.97. The van der Waals surface area contributed by atoms with Crippen molar-refractivity contribution < 1.29 is 28.5 Å². The number of benzene rings is 1. The van der Waals surface area contributed by atoms with Gasteiger partial charge in [0, 0.05) is 18.7 Å². The monoisotopic (exact) mass is 459 g/mol. The minimum atomic E-state index is -0.628. The molecule has 2 N–H and O–H groups in total. The number of nitrogens with zero attached hydrogens (tertiary/aromatic N) is 5. The first-order chi connectivity index (χ1) is 15.8. The highest BCUT2D eigenvalue weighted by Gasteiger charge is 2.20. The van der Waals surface area contributed by atoms with E-state index in [9.17, 15) is 19.7 Å². The fourth-order valence-electron chi connectivity index (χ4n) is 2.79. The van der Waals surface area contributed by atoms with Gasteiger partial charge in [-0.3, -0.25) is 9.59 Å². The molecule has 0 bridgehead atoms. The van der Waals surface area contributed by atoms with Crippen LogP contribution in [0.5, 0.6) is 11.5 Å². The molecule has 33 heavy (non-hydrogen) atoms. The molecule has 174 valence electrons. The Balaban J connectivity index is 1.48. The predicted molar refractivity (Wildman–Crippen MR) is 111 cm³/mol. The number of aryl methyl sites for hydroxylation is 1. The van der Waals surface area contributed by atoms with Gasteiger partial charge >= 0.3 is 17.6 Å². The third kappa shape index (κ3) is 5.61. The van der Waals surface area contributed by atoms with Gasteiger partial charge in [0.05, 0.1) is 31.1 Å². The molecule has 14 heteroatoms. The van der Waals surface area contributed by atoms with Gasteiger partial charge in [0.2, 0.25) is 0 Å². The number of ether oxygens (including phenoxy) is 2. The van der Waals surface area contributed by atoms with Gasteiger partial charge in [-0.25, -0.2) is 0 Å². The first-order valence-corrected chi connectivity index (χ1v) is 9.62. The summed E-state index contributed by atoms with van der Waals surface area (Å²) in [6, 6.07) is 6.06. The molecule has 0 fully saturated rings. The molecule has 0 radical (unpaired) electrons. The Hall–Kier alpha value is -4.49. The van der Waals surface area contributed by atoms with E-state index in [1.807, 2.05) is 0 Å². The van der Waals surface area contributed by atoms with E-state index in [-0.39, 0.29) is 43.1 Å². The van der Waals surface area contributed by atoms with E-state index in [0.717, 1.165) is 0 Å². The van der Waals surface area contributed by atoms with Crippen LogP contribution in [0, 0.1) is 17.0 Å². The van der Waals surface area contributed by atoms with E-state index >= 15 is 0 Å². The Morgan fingerprint density at radius 3 is 2.45 bits per heavy atom. The molecule has 0 spiro atoms. The Morgan fingerprint density at radius 2 is 1.82 bits per heavy atom. The molecule has 0 saturated heterocycles. The summed E-state index contributed by atoms with van der Waals surface area (Å²) in [6.07, 6.45) is 0. The fourth-order valence-corrected chi connectivity index (χ4v) is 2.79. The lowest BCUT2D eigenvalue weighted by atomic mass is 10.2. The van der Waals surface area contributed by atoms with Crippen LogP contribution >= 0.6 is 0 Å². The average molecular weight is 459 g/mol. The molecule has 3 aromatic rings. The molecule has 0 saturated carbocycles. The predicted octanol–water partition coefficient (Wildman–Crippen LogP) is 0.708. The molecule has 0 aliphatic heterocycles. The Labute approximate surface area is 187 Å². The third-order valence-corrected chi connectivity index (χ3v) is 4.45. The van der Waals surface area contributed by atoms with Crippen molar-refractivity contribution >= 4 is 17.6 Å². The SMILES string of the molecule is COc1ccc(C(=O)NCCNC(=O)c2nc(Cn3nc([N+](=O)[O-])cc3C)no2)cc1OC. The van der Waals surface area contributed by atoms with Crippen LogP contribution in [-0.2, 0) is 6.54 Å². The largest absolute Gasteiger partial charge is 0.493 e. The fraction of sp³-hybridized carbons (Fsp3) is 0.316. The number of rotatable bonds is 10. The summed E-state index contributed by atoms with van der Waals surface area (Å²) in [5.41, 5.74) is 0.900. The molecule has 0 aliphatic rings. The number of nitrogens with one attached hydrogen (secondary N) is 2. The summed E-state index contributed by atoms with van der Waals surface area (Å²) >= 11 is 0. The molecular formula is C19H21N7O7. The Kier molecular flexibility index (Phi) is 7.17. The maximum Gasteiger partial charge on any atom is 0.390 e. The summed E-state index contributed by atoms with van der Waals surface area (Å²) < 4.78 is 16.6. The molecule has 2 heterocycles. The van der Waals surface area contributed by atoms with E-state index < -0.39 is 10.8 Å². The normalized spacial score (nSPS) is 10.5. The van der Waals surface area contributed by atoms with Crippen molar-refractivity contribution in [2.75, 3.05) is 27.3 Å².